The number of carbonyl (C=O) groups is 1. The molecule has 2 aromatic rings. The van der Waals surface area contributed by atoms with Gasteiger partial charge in [-0.25, -0.2) is 9.82 Å². The van der Waals surface area contributed by atoms with E-state index in [9.17, 15) is 9.18 Å². The molecule has 0 atom stereocenters. The summed E-state index contributed by atoms with van der Waals surface area (Å²) < 4.78 is 18.5. The average Bonchev–Trinajstić information content (AvgIpc) is 3.17. The Hall–Kier alpha value is -3.25. The lowest BCUT2D eigenvalue weighted by Crippen LogP contribution is -2.36. The second-order valence-corrected chi connectivity index (χ2v) is 7.26. The second-order valence-electron chi connectivity index (χ2n) is 7.26. The predicted octanol–water partition coefficient (Wildman–Crippen LogP) is 4.01. The average molecular weight is 405 g/mol. The molecule has 2 aromatic carbocycles. The molecule has 1 fully saturated rings. The number of allylic oxidation sites excluding steroid dienone is 2. The van der Waals surface area contributed by atoms with Gasteiger partial charge in [0.1, 0.15) is 5.82 Å². The van der Waals surface area contributed by atoms with Gasteiger partial charge >= 0.3 is 0 Å². The summed E-state index contributed by atoms with van der Waals surface area (Å²) in [5.41, 5.74) is 7.63. The third-order valence-corrected chi connectivity index (χ3v) is 5.23. The second kappa shape index (κ2) is 9.50. The quantitative estimate of drug-likeness (QED) is 0.604. The molecule has 4 rings (SSSR count). The highest BCUT2D eigenvalue weighted by Gasteiger charge is 2.25. The van der Waals surface area contributed by atoms with Gasteiger partial charge in [-0.3, -0.25) is 4.79 Å². The maximum absolute atomic E-state index is 13.0. The third-order valence-electron chi connectivity index (χ3n) is 5.23. The minimum absolute atomic E-state index is 0.363. The number of hydrazone groups is 1. The first-order valence-electron chi connectivity index (χ1n) is 10.1. The summed E-state index contributed by atoms with van der Waals surface area (Å²) in [5.74, 6) is -0.739. The topological polar surface area (TPSA) is 53.9 Å². The van der Waals surface area contributed by atoms with E-state index in [1.807, 2.05) is 18.2 Å². The zero-order valence-corrected chi connectivity index (χ0v) is 16.7. The summed E-state index contributed by atoms with van der Waals surface area (Å²) in [7, 11) is 0. The van der Waals surface area contributed by atoms with E-state index in [2.05, 4.69) is 33.6 Å². The van der Waals surface area contributed by atoms with Gasteiger partial charge < -0.3 is 9.64 Å². The molecule has 1 heterocycles. The van der Waals surface area contributed by atoms with Gasteiger partial charge in [0, 0.05) is 24.4 Å². The van der Waals surface area contributed by atoms with Gasteiger partial charge in [-0.05, 0) is 59.9 Å². The molecule has 0 spiro atoms. The SMILES string of the molecule is O=C(N/N=C/C1=C(N2CCOCC2)C(=C/c2ccccc2)/CC1)c1ccc(F)cc1. The Balaban J connectivity index is 1.55. The first-order valence-corrected chi connectivity index (χ1v) is 10.1. The van der Waals surface area contributed by atoms with Gasteiger partial charge in [0.25, 0.3) is 5.91 Å². The van der Waals surface area contributed by atoms with E-state index in [-0.39, 0.29) is 11.7 Å². The Labute approximate surface area is 175 Å². The number of morpholine rings is 1. The van der Waals surface area contributed by atoms with Crippen LogP contribution in [0.2, 0.25) is 0 Å². The van der Waals surface area contributed by atoms with Crippen molar-refractivity contribution in [2.75, 3.05) is 26.3 Å². The molecule has 0 saturated carbocycles. The lowest BCUT2D eigenvalue weighted by Gasteiger charge is -2.31. The van der Waals surface area contributed by atoms with E-state index in [0.717, 1.165) is 31.5 Å². The fourth-order valence-corrected chi connectivity index (χ4v) is 3.76. The normalized spacial score (nSPS) is 18.4. The summed E-state index contributed by atoms with van der Waals surface area (Å²) in [5, 5.41) is 4.18. The molecule has 154 valence electrons. The van der Waals surface area contributed by atoms with E-state index in [0.29, 0.717) is 18.8 Å². The van der Waals surface area contributed by atoms with Crippen molar-refractivity contribution in [3.8, 4) is 0 Å². The smallest absolute Gasteiger partial charge is 0.271 e. The fourth-order valence-electron chi connectivity index (χ4n) is 3.76. The van der Waals surface area contributed by atoms with E-state index in [1.54, 1.807) is 6.21 Å². The molecule has 30 heavy (non-hydrogen) atoms. The Bertz CT molecular complexity index is 975. The molecular formula is C24H24FN3O2. The van der Waals surface area contributed by atoms with E-state index < -0.39 is 0 Å². The summed E-state index contributed by atoms with van der Waals surface area (Å²) in [6, 6.07) is 15.7. The summed E-state index contributed by atoms with van der Waals surface area (Å²) in [6.45, 7) is 3.07. The summed E-state index contributed by atoms with van der Waals surface area (Å²) in [6.07, 6.45) is 5.75. The maximum atomic E-state index is 13.0. The largest absolute Gasteiger partial charge is 0.378 e. The molecule has 5 nitrogen and oxygen atoms in total. The Kier molecular flexibility index (Phi) is 6.35. The van der Waals surface area contributed by atoms with Crippen LogP contribution in [0.3, 0.4) is 0 Å². The van der Waals surface area contributed by atoms with Crippen molar-refractivity contribution in [2.24, 2.45) is 5.10 Å². The Morgan fingerprint density at radius 1 is 1.03 bits per heavy atom. The molecule has 1 aliphatic heterocycles. The van der Waals surface area contributed by atoms with Gasteiger partial charge in [-0.2, -0.15) is 5.10 Å². The van der Waals surface area contributed by atoms with E-state index in [4.69, 9.17) is 4.74 Å². The third kappa shape index (κ3) is 4.83. The molecule has 1 amide bonds. The number of rotatable bonds is 5. The highest BCUT2D eigenvalue weighted by atomic mass is 19.1. The molecular weight excluding hydrogens is 381 g/mol. The van der Waals surface area contributed by atoms with Crippen LogP contribution in [-0.4, -0.2) is 43.3 Å². The number of carbonyl (C=O) groups excluding carboxylic acids is 1. The van der Waals surface area contributed by atoms with Gasteiger partial charge in [0.2, 0.25) is 0 Å². The number of amides is 1. The van der Waals surface area contributed by atoms with Gasteiger partial charge in [-0.1, -0.05) is 30.3 Å². The van der Waals surface area contributed by atoms with Crippen LogP contribution < -0.4 is 5.43 Å². The lowest BCUT2D eigenvalue weighted by atomic mass is 10.1. The number of benzene rings is 2. The van der Waals surface area contributed by atoms with Crippen molar-refractivity contribution in [1.82, 2.24) is 10.3 Å². The van der Waals surface area contributed by atoms with Crippen LogP contribution in [-0.2, 0) is 4.74 Å². The van der Waals surface area contributed by atoms with Crippen LogP contribution in [0.1, 0.15) is 28.8 Å². The fraction of sp³-hybridized carbons (Fsp3) is 0.250. The first-order chi connectivity index (χ1) is 14.7. The van der Waals surface area contributed by atoms with Gasteiger partial charge in [0.05, 0.1) is 19.4 Å². The molecule has 1 aliphatic carbocycles. The minimum Gasteiger partial charge on any atom is -0.378 e. The molecule has 6 heteroatoms. The van der Waals surface area contributed by atoms with Crippen molar-refractivity contribution < 1.29 is 13.9 Å². The van der Waals surface area contributed by atoms with Crippen LogP contribution in [0.4, 0.5) is 4.39 Å². The summed E-state index contributed by atoms with van der Waals surface area (Å²) in [4.78, 5) is 14.6. The molecule has 1 saturated heterocycles. The van der Waals surface area contributed by atoms with Crippen LogP contribution in [0.25, 0.3) is 6.08 Å². The zero-order valence-electron chi connectivity index (χ0n) is 16.7. The first kappa shape index (κ1) is 20.0. The van der Waals surface area contributed by atoms with Crippen molar-refractivity contribution in [3.05, 3.63) is 88.4 Å². The molecule has 0 unspecified atom stereocenters. The number of ether oxygens (including phenoxy) is 1. The molecule has 2 aliphatic rings. The monoisotopic (exact) mass is 405 g/mol. The van der Waals surface area contributed by atoms with Crippen LogP contribution >= 0.6 is 0 Å². The number of halogens is 1. The molecule has 1 N–H and O–H groups in total. The minimum atomic E-state index is -0.376. The standard InChI is InChI=1S/C24H24FN3O2/c25-22-10-8-19(9-11-22)24(29)27-26-17-21-7-6-20(16-18-4-2-1-3-5-18)23(21)28-12-14-30-15-13-28/h1-5,8-11,16-17H,6-7,12-15H2,(H,27,29)/b20-16+,26-17+. The van der Waals surface area contributed by atoms with E-state index in [1.165, 1.54) is 41.1 Å². The number of nitrogens with one attached hydrogen (secondary N) is 1. The zero-order chi connectivity index (χ0) is 20.8. The number of hydrogen-bond donors (Lipinski definition) is 1. The Morgan fingerprint density at radius 2 is 1.77 bits per heavy atom. The molecule has 0 aromatic heterocycles. The van der Waals surface area contributed by atoms with Crippen molar-refractivity contribution >= 4 is 18.2 Å². The van der Waals surface area contributed by atoms with Crippen LogP contribution in [0, 0.1) is 5.82 Å². The lowest BCUT2D eigenvalue weighted by molar-refractivity contribution is 0.0548. The van der Waals surface area contributed by atoms with Gasteiger partial charge in [-0.15, -0.1) is 0 Å². The van der Waals surface area contributed by atoms with E-state index >= 15 is 0 Å². The van der Waals surface area contributed by atoms with Crippen LogP contribution in [0.5, 0.6) is 0 Å². The summed E-state index contributed by atoms with van der Waals surface area (Å²) >= 11 is 0. The predicted molar refractivity (Wildman–Crippen MR) is 115 cm³/mol. The van der Waals surface area contributed by atoms with Gasteiger partial charge in [0.15, 0.2) is 0 Å². The van der Waals surface area contributed by atoms with Crippen molar-refractivity contribution in [3.63, 3.8) is 0 Å². The Morgan fingerprint density at radius 3 is 2.50 bits per heavy atom. The van der Waals surface area contributed by atoms with Crippen molar-refractivity contribution in [2.45, 2.75) is 12.8 Å². The number of hydrogen-bond acceptors (Lipinski definition) is 4. The van der Waals surface area contributed by atoms with Crippen molar-refractivity contribution in [1.29, 1.82) is 0 Å². The highest BCUT2D eigenvalue weighted by molar-refractivity contribution is 5.95. The molecule has 0 bridgehead atoms. The molecule has 0 radical (unpaired) electrons. The number of nitrogens with zero attached hydrogens (tertiary/aromatic N) is 2. The maximum Gasteiger partial charge on any atom is 0.271 e. The highest BCUT2D eigenvalue weighted by Crippen LogP contribution is 2.34. The van der Waals surface area contributed by atoms with Crippen LogP contribution in [0.15, 0.2) is 76.5 Å².